The molecule has 0 bridgehead atoms. The minimum Gasteiger partial charge on any atom is -0.313 e. The number of hydrogen-bond donors (Lipinski definition) is 1. The van der Waals surface area contributed by atoms with Crippen LogP contribution in [-0.2, 0) is 0 Å². The summed E-state index contributed by atoms with van der Waals surface area (Å²) in [5.74, 6) is 0.836. The Bertz CT molecular complexity index is 308. The van der Waals surface area contributed by atoms with Crippen molar-refractivity contribution in [3.05, 3.63) is 0 Å². The molecule has 2 rings (SSSR count). The second kappa shape index (κ2) is 7.70. The van der Waals surface area contributed by atoms with E-state index in [4.69, 9.17) is 0 Å². The largest absolute Gasteiger partial charge is 0.313 e. The van der Waals surface area contributed by atoms with Gasteiger partial charge in [-0.05, 0) is 37.1 Å². The lowest BCUT2D eigenvalue weighted by molar-refractivity contribution is 0.0782. The lowest BCUT2D eigenvalue weighted by atomic mass is 9.67. The summed E-state index contributed by atoms with van der Waals surface area (Å²) in [5, 5.41) is 5.49. The van der Waals surface area contributed by atoms with Gasteiger partial charge >= 0.3 is 0 Å². The summed E-state index contributed by atoms with van der Waals surface area (Å²) in [7, 11) is 0. The van der Waals surface area contributed by atoms with Gasteiger partial charge in [-0.2, -0.15) is 11.8 Å². The smallest absolute Gasteiger partial charge is 0.0159 e. The van der Waals surface area contributed by atoms with Crippen LogP contribution < -0.4 is 5.32 Å². The molecule has 2 aliphatic rings. The Kier molecular flexibility index (Phi) is 6.46. The van der Waals surface area contributed by atoms with Gasteiger partial charge in [0.2, 0.25) is 0 Å². The van der Waals surface area contributed by atoms with Crippen molar-refractivity contribution in [1.29, 1.82) is 0 Å². The van der Waals surface area contributed by atoms with Crippen molar-refractivity contribution in [2.24, 2.45) is 11.3 Å². The lowest BCUT2D eigenvalue weighted by Crippen LogP contribution is -2.54. The normalized spacial score (nSPS) is 37.6. The highest BCUT2D eigenvalue weighted by atomic mass is 32.2. The molecular weight excluding hydrogens is 276 g/mol. The fourth-order valence-corrected chi connectivity index (χ4v) is 5.87. The Morgan fingerprint density at radius 1 is 1.19 bits per heavy atom. The van der Waals surface area contributed by atoms with E-state index in [0.717, 1.165) is 16.4 Å². The molecule has 1 aliphatic heterocycles. The number of nitrogens with zero attached hydrogens (tertiary/aromatic N) is 1. The summed E-state index contributed by atoms with van der Waals surface area (Å²) in [6, 6.07) is 0.700. The quantitative estimate of drug-likeness (QED) is 0.826. The van der Waals surface area contributed by atoms with Crippen molar-refractivity contribution in [2.45, 2.75) is 76.8 Å². The molecular formula is C18H36N2S. The van der Waals surface area contributed by atoms with E-state index < -0.39 is 0 Å². The van der Waals surface area contributed by atoms with Gasteiger partial charge in [-0.1, -0.05) is 41.0 Å². The van der Waals surface area contributed by atoms with Gasteiger partial charge < -0.3 is 10.2 Å². The van der Waals surface area contributed by atoms with Crippen LogP contribution in [0.25, 0.3) is 0 Å². The van der Waals surface area contributed by atoms with E-state index in [0.29, 0.717) is 11.5 Å². The molecule has 21 heavy (non-hydrogen) atoms. The Morgan fingerprint density at radius 3 is 2.48 bits per heavy atom. The summed E-state index contributed by atoms with van der Waals surface area (Å²) in [5.41, 5.74) is 0.458. The molecule has 1 heterocycles. The molecule has 1 saturated carbocycles. The van der Waals surface area contributed by atoms with Crippen LogP contribution in [0.3, 0.4) is 0 Å². The SMILES string of the molecule is CCCNC1C(CN2CC(C)SC(C)C2)CCCC1(C)C. The molecule has 1 aliphatic carbocycles. The first-order chi connectivity index (χ1) is 9.92. The average molecular weight is 313 g/mol. The van der Waals surface area contributed by atoms with Crippen LogP contribution in [-0.4, -0.2) is 47.6 Å². The van der Waals surface area contributed by atoms with Gasteiger partial charge in [-0.15, -0.1) is 0 Å². The predicted octanol–water partition coefficient (Wildman–Crippen LogP) is 4.01. The molecule has 124 valence electrons. The van der Waals surface area contributed by atoms with Gasteiger partial charge in [0.1, 0.15) is 0 Å². The van der Waals surface area contributed by atoms with Gasteiger partial charge in [0.25, 0.3) is 0 Å². The summed E-state index contributed by atoms with van der Waals surface area (Å²) >= 11 is 2.16. The topological polar surface area (TPSA) is 15.3 Å². The van der Waals surface area contributed by atoms with Crippen LogP contribution in [0, 0.1) is 11.3 Å². The monoisotopic (exact) mass is 312 g/mol. The van der Waals surface area contributed by atoms with Gasteiger partial charge in [0.05, 0.1) is 0 Å². The zero-order chi connectivity index (χ0) is 15.5. The first-order valence-corrected chi connectivity index (χ1v) is 9.98. The molecule has 2 nitrogen and oxygen atoms in total. The van der Waals surface area contributed by atoms with Crippen LogP contribution in [0.5, 0.6) is 0 Å². The minimum atomic E-state index is 0.458. The Morgan fingerprint density at radius 2 is 1.86 bits per heavy atom. The van der Waals surface area contributed by atoms with E-state index in [9.17, 15) is 0 Å². The third kappa shape index (κ3) is 4.87. The van der Waals surface area contributed by atoms with Crippen molar-refractivity contribution in [1.82, 2.24) is 10.2 Å². The summed E-state index contributed by atoms with van der Waals surface area (Å²) in [4.78, 5) is 2.75. The molecule has 4 unspecified atom stereocenters. The van der Waals surface area contributed by atoms with E-state index in [1.807, 2.05) is 0 Å². The van der Waals surface area contributed by atoms with Crippen LogP contribution in [0.1, 0.15) is 60.3 Å². The van der Waals surface area contributed by atoms with Crippen LogP contribution >= 0.6 is 11.8 Å². The lowest BCUT2D eigenvalue weighted by Gasteiger charge is -2.47. The Balaban J connectivity index is 1.98. The third-order valence-electron chi connectivity index (χ3n) is 5.31. The molecule has 0 radical (unpaired) electrons. The maximum Gasteiger partial charge on any atom is 0.0159 e. The molecule has 1 N–H and O–H groups in total. The standard InChI is InChI=1S/C18H36N2S/c1-6-10-19-17-16(8-7-9-18(17,4)5)13-20-11-14(2)21-15(3)12-20/h14-17,19H,6-13H2,1-5H3. The van der Waals surface area contributed by atoms with Crippen LogP contribution in [0.15, 0.2) is 0 Å². The molecule has 0 aromatic heterocycles. The number of rotatable bonds is 5. The van der Waals surface area contributed by atoms with E-state index >= 15 is 0 Å². The maximum atomic E-state index is 3.89. The zero-order valence-corrected chi connectivity index (χ0v) is 15.6. The molecule has 4 atom stereocenters. The Labute approximate surface area is 136 Å². The van der Waals surface area contributed by atoms with Gasteiger partial charge in [-0.3, -0.25) is 0 Å². The number of hydrogen-bond acceptors (Lipinski definition) is 3. The fourth-order valence-electron chi connectivity index (χ4n) is 4.48. The molecule has 2 fully saturated rings. The summed E-state index contributed by atoms with van der Waals surface area (Å²) in [6.07, 6.45) is 5.45. The molecule has 0 amide bonds. The highest BCUT2D eigenvalue weighted by Crippen LogP contribution is 2.40. The summed E-state index contributed by atoms with van der Waals surface area (Å²) in [6.45, 7) is 17.1. The molecule has 0 aromatic rings. The van der Waals surface area contributed by atoms with E-state index in [2.05, 4.69) is 56.6 Å². The van der Waals surface area contributed by atoms with Gasteiger partial charge in [0, 0.05) is 36.2 Å². The highest BCUT2D eigenvalue weighted by molar-refractivity contribution is 8.00. The molecule has 0 spiro atoms. The van der Waals surface area contributed by atoms with Crippen LogP contribution in [0.2, 0.25) is 0 Å². The van der Waals surface area contributed by atoms with Crippen LogP contribution in [0.4, 0.5) is 0 Å². The average Bonchev–Trinajstić information content (AvgIpc) is 2.36. The first kappa shape index (κ1) is 17.6. The van der Waals surface area contributed by atoms with Crippen molar-refractivity contribution in [3.8, 4) is 0 Å². The Hall–Kier alpha value is 0.270. The second-order valence-electron chi connectivity index (χ2n) is 8.05. The van der Waals surface area contributed by atoms with Gasteiger partial charge in [0.15, 0.2) is 0 Å². The van der Waals surface area contributed by atoms with E-state index in [1.165, 1.54) is 51.9 Å². The minimum absolute atomic E-state index is 0.458. The third-order valence-corrected chi connectivity index (χ3v) is 6.54. The molecule has 0 aromatic carbocycles. The molecule has 3 heteroatoms. The van der Waals surface area contributed by atoms with E-state index in [1.54, 1.807) is 0 Å². The zero-order valence-electron chi connectivity index (χ0n) is 14.8. The highest BCUT2D eigenvalue weighted by Gasteiger charge is 2.39. The number of thioether (sulfide) groups is 1. The van der Waals surface area contributed by atoms with Crippen molar-refractivity contribution < 1.29 is 0 Å². The summed E-state index contributed by atoms with van der Waals surface area (Å²) < 4.78 is 0. The number of nitrogens with one attached hydrogen (secondary N) is 1. The maximum absolute atomic E-state index is 3.89. The van der Waals surface area contributed by atoms with Crippen molar-refractivity contribution in [3.63, 3.8) is 0 Å². The first-order valence-electron chi connectivity index (χ1n) is 9.03. The predicted molar refractivity (Wildman–Crippen MR) is 96.2 cm³/mol. The fraction of sp³-hybridized carbons (Fsp3) is 1.00. The molecule has 1 saturated heterocycles. The second-order valence-corrected chi connectivity index (χ2v) is 9.93. The van der Waals surface area contributed by atoms with E-state index in [-0.39, 0.29) is 0 Å². The van der Waals surface area contributed by atoms with Crippen molar-refractivity contribution in [2.75, 3.05) is 26.2 Å². The van der Waals surface area contributed by atoms with Crippen molar-refractivity contribution >= 4 is 11.8 Å². The van der Waals surface area contributed by atoms with Gasteiger partial charge in [-0.25, -0.2) is 0 Å².